The van der Waals surface area contributed by atoms with E-state index < -0.39 is 5.41 Å². The van der Waals surface area contributed by atoms with Crippen LogP contribution in [0.3, 0.4) is 0 Å². The maximum absolute atomic E-state index is 11.1. The topological polar surface area (TPSA) is 40.9 Å². The Morgan fingerprint density at radius 3 is 2.58 bits per heavy atom. The molecule has 0 spiro atoms. The van der Waals surface area contributed by atoms with Gasteiger partial charge in [-0.25, -0.2) is 0 Å². The zero-order chi connectivity index (χ0) is 9.61. The molecule has 2 heteroatoms. The summed E-state index contributed by atoms with van der Waals surface area (Å²) in [5.41, 5.74) is -0.722. The molecule has 0 aliphatic heterocycles. The van der Waals surface area contributed by atoms with E-state index in [9.17, 15) is 4.79 Å². The second kappa shape index (κ2) is 4.50. The first kappa shape index (κ1) is 10.6. The second-order valence-corrected chi connectivity index (χ2v) is 2.94. The molecule has 0 amide bonds. The number of hydrogen-bond donors (Lipinski definition) is 0. The van der Waals surface area contributed by atoms with E-state index in [0.29, 0.717) is 6.42 Å². The van der Waals surface area contributed by atoms with Gasteiger partial charge in [-0.15, -0.1) is 13.2 Å². The lowest BCUT2D eigenvalue weighted by Gasteiger charge is -2.13. The first-order valence-electron chi connectivity index (χ1n) is 3.75. The Labute approximate surface area is 73.2 Å². The number of rotatable bonds is 5. The molecule has 0 N–H and O–H groups in total. The van der Waals surface area contributed by atoms with Gasteiger partial charge in [0.2, 0.25) is 0 Å². The number of carbonyl (C=O) groups is 1. The molecule has 0 aromatic rings. The number of Topliss-reactive ketones (excluding diaryl/α,β-unsaturated/α-hetero) is 1. The Kier molecular flexibility index (Phi) is 3.99. The summed E-state index contributed by atoms with van der Waals surface area (Å²) in [4.78, 5) is 11.1. The molecule has 0 radical (unpaired) electrons. The Morgan fingerprint density at radius 1 is 1.67 bits per heavy atom. The number of nitrogens with zero attached hydrogens (tertiary/aromatic N) is 1. The molecule has 64 valence electrons. The SMILES string of the molecule is C=CCC(=O)CC(C)(C#N)C=C. The monoisotopic (exact) mass is 163 g/mol. The summed E-state index contributed by atoms with van der Waals surface area (Å²) < 4.78 is 0. The van der Waals surface area contributed by atoms with Crippen LogP contribution in [0.5, 0.6) is 0 Å². The molecule has 0 saturated heterocycles. The van der Waals surface area contributed by atoms with Gasteiger partial charge in [0, 0.05) is 12.8 Å². The van der Waals surface area contributed by atoms with E-state index in [1.54, 1.807) is 13.0 Å². The first-order chi connectivity index (χ1) is 5.58. The highest BCUT2D eigenvalue weighted by Gasteiger charge is 2.22. The fourth-order valence-electron chi connectivity index (χ4n) is 0.800. The minimum atomic E-state index is -0.722. The minimum Gasteiger partial charge on any atom is -0.299 e. The van der Waals surface area contributed by atoms with Crippen LogP contribution in [-0.2, 0) is 4.79 Å². The molecule has 12 heavy (non-hydrogen) atoms. The summed E-state index contributed by atoms with van der Waals surface area (Å²) in [6.07, 6.45) is 3.60. The molecule has 0 aromatic heterocycles. The molecule has 0 fully saturated rings. The van der Waals surface area contributed by atoms with E-state index in [2.05, 4.69) is 13.2 Å². The van der Waals surface area contributed by atoms with Gasteiger partial charge in [-0.3, -0.25) is 4.79 Å². The lowest BCUT2D eigenvalue weighted by atomic mass is 9.86. The summed E-state index contributed by atoms with van der Waals surface area (Å²) in [6, 6.07) is 2.04. The Hall–Kier alpha value is -1.36. The van der Waals surface area contributed by atoms with Crippen LogP contribution in [0.4, 0.5) is 0 Å². The van der Waals surface area contributed by atoms with Gasteiger partial charge in [-0.1, -0.05) is 12.2 Å². The molecule has 0 aromatic carbocycles. The van der Waals surface area contributed by atoms with E-state index in [1.807, 2.05) is 6.07 Å². The highest BCUT2D eigenvalue weighted by molar-refractivity contribution is 5.81. The summed E-state index contributed by atoms with van der Waals surface area (Å²) in [6.45, 7) is 8.66. The molecule has 0 aliphatic carbocycles. The lowest BCUT2D eigenvalue weighted by Crippen LogP contribution is -2.15. The van der Waals surface area contributed by atoms with Crippen molar-refractivity contribution >= 4 is 5.78 Å². The number of hydrogen-bond acceptors (Lipinski definition) is 2. The number of allylic oxidation sites excluding steroid dienone is 2. The van der Waals surface area contributed by atoms with Crippen LogP contribution in [0.1, 0.15) is 19.8 Å². The van der Waals surface area contributed by atoms with Crippen molar-refractivity contribution in [1.29, 1.82) is 5.26 Å². The van der Waals surface area contributed by atoms with Crippen molar-refractivity contribution in [2.24, 2.45) is 5.41 Å². The van der Waals surface area contributed by atoms with Crippen molar-refractivity contribution in [1.82, 2.24) is 0 Å². The van der Waals surface area contributed by atoms with E-state index in [0.717, 1.165) is 0 Å². The van der Waals surface area contributed by atoms with Crippen LogP contribution in [0, 0.1) is 16.7 Å². The van der Waals surface area contributed by atoms with Gasteiger partial charge in [-0.2, -0.15) is 5.26 Å². The second-order valence-electron chi connectivity index (χ2n) is 2.94. The third kappa shape index (κ3) is 3.16. The Balaban J connectivity index is 4.23. The highest BCUT2D eigenvalue weighted by atomic mass is 16.1. The Bertz CT molecular complexity index is 237. The van der Waals surface area contributed by atoms with Crippen molar-refractivity contribution in [3.8, 4) is 6.07 Å². The molecule has 0 aliphatic rings. The van der Waals surface area contributed by atoms with Gasteiger partial charge in [0.1, 0.15) is 5.78 Å². The lowest BCUT2D eigenvalue weighted by molar-refractivity contribution is -0.119. The molecule has 1 atom stereocenters. The molecule has 0 heterocycles. The van der Waals surface area contributed by atoms with Crippen molar-refractivity contribution in [3.05, 3.63) is 25.3 Å². The van der Waals surface area contributed by atoms with Crippen molar-refractivity contribution in [3.63, 3.8) is 0 Å². The third-order valence-electron chi connectivity index (χ3n) is 1.64. The predicted molar refractivity (Wildman–Crippen MR) is 48.4 cm³/mol. The smallest absolute Gasteiger partial charge is 0.138 e. The molecular weight excluding hydrogens is 150 g/mol. The van der Waals surface area contributed by atoms with Crippen LogP contribution < -0.4 is 0 Å². The van der Waals surface area contributed by atoms with E-state index >= 15 is 0 Å². The van der Waals surface area contributed by atoms with Crippen molar-refractivity contribution < 1.29 is 4.79 Å². The van der Waals surface area contributed by atoms with Crippen molar-refractivity contribution in [2.45, 2.75) is 19.8 Å². The normalized spacial score (nSPS) is 14.0. The third-order valence-corrected chi connectivity index (χ3v) is 1.64. The predicted octanol–water partition coefficient (Wildman–Crippen LogP) is 2.24. The summed E-state index contributed by atoms with van der Waals surface area (Å²) in [7, 11) is 0. The molecular formula is C10H13NO. The summed E-state index contributed by atoms with van der Waals surface area (Å²) in [5.74, 6) is 0.0222. The molecule has 2 nitrogen and oxygen atoms in total. The average molecular weight is 163 g/mol. The van der Waals surface area contributed by atoms with E-state index in [1.165, 1.54) is 6.08 Å². The average Bonchev–Trinajstić information content (AvgIpc) is 2.05. The Morgan fingerprint density at radius 2 is 2.25 bits per heavy atom. The van der Waals surface area contributed by atoms with Gasteiger partial charge in [0.05, 0.1) is 11.5 Å². The standard InChI is InChI=1S/C10H13NO/c1-4-6-9(12)7-10(3,5-2)8-11/h4-5H,1-2,6-7H2,3H3. The van der Waals surface area contributed by atoms with Gasteiger partial charge in [-0.05, 0) is 6.92 Å². The van der Waals surface area contributed by atoms with Gasteiger partial charge >= 0.3 is 0 Å². The van der Waals surface area contributed by atoms with Crippen LogP contribution in [-0.4, -0.2) is 5.78 Å². The number of carbonyl (C=O) groups excluding carboxylic acids is 1. The zero-order valence-corrected chi connectivity index (χ0v) is 7.34. The fourth-order valence-corrected chi connectivity index (χ4v) is 0.800. The van der Waals surface area contributed by atoms with Gasteiger partial charge in [0.15, 0.2) is 0 Å². The summed E-state index contributed by atoms with van der Waals surface area (Å²) in [5, 5.41) is 8.70. The van der Waals surface area contributed by atoms with E-state index in [4.69, 9.17) is 5.26 Å². The minimum absolute atomic E-state index is 0.0222. The number of ketones is 1. The van der Waals surface area contributed by atoms with E-state index in [-0.39, 0.29) is 12.2 Å². The summed E-state index contributed by atoms with van der Waals surface area (Å²) >= 11 is 0. The van der Waals surface area contributed by atoms with Crippen LogP contribution in [0.2, 0.25) is 0 Å². The van der Waals surface area contributed by atoms with Crippen LogP contribution in [0.15, 0.2) is 25.3 Å². The zero-order valence-electron chi connectivity index (χ0n) is 7.34. The maximum Gasteiger partial charge on any atom is 0.138 e. The number of nitriles is 1. The first-order valence-corrected chi connectivity index (χ1v) is 3.75. The van der Waals surface area contributed by atoms with Crippen molar-refractivity contribution in [2.75, 3.05) is 0 Å². The largest absolute Gasteiger partial charge is 0.299 e. The molecule has 0 bridgehead atoms. The molecule has 0 saturated carbocycles. The fraction of sp³-hybridized carbons (Fsp3) is 0.400. The highest BCUT2D eigenvalue weighted by Crippen LogP contribution is 2.22. The van der Waals surface area contributed by atoms with Gasteiger partial charge < -0.3 is 0 Å². The quantitative estimate of drug-likeness (QED) is 0.583. The molecule has 1 unspecified atom stereocenters. The molecule has 0 rings (SSSR count). The van der Waals surface area contributed by atoms with Gasteiger partial charge in [0.25, 0.3) is 0 Å². The van der Waals surface area contributed by atoms with Crippen LogP contribution in [0.25, 0.3) is 0 Å². The maximum atomic E-state index is 11.1. The van der Waals surface area contributed by atoms with Crippen LogP contribution >= 0.6 is 0 Å².